The average Bonchev–Trinajstić information content (AvgIpc) is 3.36. The molecule has 2 heterocycles. The molecule has 0 radical (unpaired) electrons. The van der Waals surface area contributed by atoms with Crippen LogP contribution in [-0.2, 0) is 7.05 Å². The van der Waals surface area contributed by atoms with Gasteiger partial charge in [0.05, 0.1) is 6.04 Å². The molecular formula is C20H18N6O2. The normalized spacial score (nSPS) is 10.8. The Balaban J connectivity index is 1.50. The van der Waals surface area contributed by atoms with Crippen LogP contribution in [0.1, 0.15) is 17.2 Å². The van der Waals surface area contributed by atoms with Crippen LogP contribution >= 0.6 is 0 Å². The van der Waals surface area contributed by atoms with E-state index in [9.17, 15) is 4.79 Å². The molecule has 2 aromatic carbocycles. The zero-order valence-corrected chi connectivity index (χ0v) is 15.1. The van der Waals surface area contributed by atoms with Crippen LogP contribution in [-0.4, -0.2) is 26.0 Å². The number of aromatic nitrogens is 4. The Morgan fingerprint density at radius 1 is 0.964 bits per heavy atom. The maximum absolute atomic E-state index is 12.5. The molecule has 0 bridgehead atoms. The lowest BCUT2D eigenvalue weighted by molar-refractivity contribution is 0.249. The molecule has 4 aromatic rings. The number of nitrogens with one attached hydrogen (secondary N) is 2. The van der Waals surface area contributed by atoms with E-state index in [2.05, 4.69) is 25.9 Å². The molecule has 0 fully saturated rings. The number of urea groups is 1. The first kappa shape index (κ1) is 17.5. The van der Waals surface area contributed by atoms with Crippen molar-refractivity contribution in [2.24, 2.45) is 7.05 Å². The summed E-state index contributed by atoms with van der Waals surface area (Å²) in [7, 11) is 1.79. The minimum absolute atomic E-state index is 0.00183. The molecule has 8 nitrogen and oxygen atoms in total. The van der Waals surface area contributed by atoms with Crippen LogP contribution in [0.15, 0.2) is 77.3 Å². The Morgan fingerprint density at radius 2 is 1.61 bits per heavy atom. The molecule has 2 N–H and O–H groups in total. The van der Waals surface area contributed by atoms with Gasteiger partial charge >= 0.3 is 12.0 Å². The Bertz CT molecular complexity index is 1020. The lowest BCUT2D eigenvalue weighted by Crippen LogP contribution is -2.33. The molecular weight excluding hydrogens is 356 g/mol. The maximum Gasteiger partial charge on any atom is 0.324 e. The Kier molecular flexibility index (Phi) is 4.83. The summed E-state index contributed by atoms with van der Waals surface area (Å²) in [5.41, 5.74) is 2.46. The summed E-state index contributed by atoms with van der Waals surface area (Å²) >= 11 is 0. The van der Waals surface area contributed by atoms with Gasteiger partial charge in [0, 0.05) is 13.2 Å². The number of hydrogen-bond donors (Lipinski definition) is 2. The van der Waals surface area contributed by atoms with E-state index in [0.717, 1.165) is 11.1 Å². The van der Waals surface area contributed by atoms with Crippen molar-refractivity contribution < 1.29 is 9.21 Å². The number of carbonyl (C=O) groups is 1. The Labute approximate surface area is 161 Å². The van der Waals surface area contributed by atoms with Crippen molar-refractivity contribution in [1.82, 2.24) is 25.3 Å². The fourth-order valence-corrected chi connectivity index (χ4v) is 2.82. The highest BCUT2D eigenvalue weighted by Gasteiger charge is 2.18. The number of anilines is 1. The fourth-order valence-electron chi connectivity index (χ4n) is 2.82. The van der Waals surface area contributed by atoms with Crippen LogP contribution < -0.4 is 10.6 Å². The minimum atomic E-state index is -0.450. The van der Waals surface area contributed by atoms with E-state index >= 15 is 0 Å². The van der Waals surface area contributed by atoms with E-state index in [4.69, 9.17) is 4.42 Å². The summed E-state index contributed by atoms with van der Waals surface area (Å²) in [6.45, 7) is 0. The molecule has 0 saturated heterocycles. The fraction of sp³-hybridized carbons (Fsp3) is 0.100. The van der Waals surface area contributed by atoms with E-state index in [1.807, 2.05) is 60.7 Å². The van der Waals surface area contributed by atoms with Gasteiger partial charge in [-0.1, -0.05) is 65.8 Å². The van der Waals surface area contributed by atoms with Crippen molar-refractivity contribution in [3.63, 3.8) is 0 Å². The van der Waals surface area contributed by atoms with Crippen LogP contribution in [0.4, 0.5) is 10.8 Å². The lowest BCUT2D eigenvalue weighted by Gasteiger charge is -2.19. The van der Waals surface area contributed by atoms with Gasteiger partial charge in [-0.2, -0.15) is 5.10 Å². The van der Waals surface area contributed by atoms with Gasteiger partial charge < -0.3 is 9.73 Å². The van der Waals surface area contributed by atoms with E-state index in [1.54, 1.807) is 24.0 Å². The van der Waals surface area contributed by atoms with E-state index in [-0.39, 0.29) is 17.9 Å². The van der Waals surface area contributed by atoms with Crippen LogP contribution in [0.2, 0.25) is 0 Å². The number of nitrogens with zero attached hydrogens (tertiary/aromatic N) is 4. The largest absolute Gasteiger partial charge is 0.401 e. The molecule has 0 aliphatic carbocycles. The first-order valence-electron chi connectivity index (χ1n) is 8.70. The number of rotatable bonds is 5. The summed E-state index contributed by atoms with van der Waals surface area (Å²) in [5.74, 6) is 0.235. The number of benzene rings is 2. The van der Waals surface area contributed by atoms with Crippen LogP contribution in [0.3, 0.4) is 0 Å². The zero-order chi connectivity index (χ0) is 19.3. The number of carbonyl (C=O) groups excluding carboxylic acids is 1. The van der Waals surface area contributed by atoms with Crippen LogP contribution in [0.25, 0.3) is 11.6 Å². The second-order valence-corrected chi connectivity index (χ2v) is 6.14. The van der Waals surface area contributed by atoms with Gasteiger partial charge in [0.15, 0.2) is 0 Å². The third-order valence-corrected chi connectivity index (χ3v) is 4.12. The van der Waals surface area contributed by atoms with Crippen molar-refractivity contribution in [2.45, 2.75) is 6.04 Å². The zero-order valence-electron chi connectivity index (χ0n) is 15.1. The Hall–Kier alpha value is -3.94. The highest BCUT2D eigenvalue weighted by atomic mass is 16.4. The monoisotopic (exact) mass is 374 g/mol. The third-order valence-electron chi connectivity index (χ3n) is 4.12. The molecule has 0 aliphatic heterocycles. The molecule has 0 aliphatic rings. The molecule has 4 rings (SSSR count). The molecule has 140 valence electrons. The quantitative estimate of drug-likeness (QED) is 0.558. The van der Waals surface area contributed by atoms with Crippen molar-refractivity contribution in [1.29, 1.82) is 0 Å². The highest BCUT2D eigenvalue weighted by molar-refractivity contribution is 5.87. The second-order valence-electron chi connectivity index (χ2n) is 6.14. The van der Waals surface area contributed by atoms with Gasteiger partial charge in [0.1, 0.15) is 5.69 Å². The molecule has 0 atom stereocenters. The van der Waals surface area contributed by atoms with Crippen LogP contribution in [0, 0.1) is 0 Å². The average molecular weight is 374 g/mol. The van der Waals surface area contributed by atoms with Gasteiger partial charge in [-0.25, -0.2) is 4.79 Å². The SMILES string of the molecule is Cn1ccc(-c2nnc(NC(=O)NC(c3ccccc3)c3ccccc3)o2)n1. The summed E-state index contributed by atoms with van der Waals surface area (Å²) in [6, 6.07) is 20.4. The van der Waals surface area contributed by atoms with Gasteiger partial charge in [0.25, 0.3) is 5.89 Å². The molecule has 0 saturated carbocycles. The predicted molar refractivity (Wildman–Crippen MR) is 103 cm³/mol. The van der Waals surface area contributed by atoms with E-state index in [0.29, 0.717) is 5.69 Å². The summed E-state index contributed by atoms with van der Waals surface area (Å²) in [5, 5.41) is 17.5. The van der Waals surface area contributed by atoms with Crippen molar-refractivity contribution in [3.8, 4) is 11.6 Å². The summed E-state index contributed by atoms with van der Waals surface area (Å²) in [4.78, 5) is 12.5. The smallest absolute Gasteiger partial charge is 0.324 e. The van der Waals surface area contributed by atoms with Crippen molar-refractivity contribution in [3.05, 3.63) is 84.1 Å². The maximum atomic E-state index is 12.5. The van der Waals surface area contributed by atoms with Gasteiger partial charge in [-0.3, -0.25) is 10.00 Å². The third kappa shape index (κ3) is 3.90. The molecule has 0 spiro atoms. The first-order valence-corrected chi connectivity index (χ1v) is 8.70. The van der Waals surface area contributed by atoms with Gasteiger partial charge in [0.2, 0.25) is 0 Å². The standard InChI is InChI=1S/C20H18N6O2/c1-26-13-12-16(25-26)18-23-24-20(28-18)22-19(27)21-17(14-8-4-2-5-9-14)15-10-6-3-7-11-15/h2-13,17H,1H3,(H2,21,22,24,27). The van der Waals surface area contributed by atoms with E-state index < -0.39 is 6.03 Å². The molecule has 0 unspecified atom stereocenters. The first-order chi connectivity index (χ1) is 13.7. The van der Waals surface area contributed by atoms with Crippen LogP contribution in [0.5, 0.6) is 0 Å². The molecule has 28 heavy (non-hydrogen) atoms. The topological polar surface area (TPSA) is 97.9 Å². The summed E-state index contributed by atoms with van der Waals surface area (Å²) < 4.78 is 7.11. The van der Waals surface area contributed by atoms with Gasteiger partial charge in [-0.05, 0) is 17.2 Å². The summed E-state index contributed by atoms with van der Waals surface area (Å²) in [6.07, 6.45) is 1.77. The molecule has 2 amide bonds. The molecule has 8 heteroatoms. The van der Waals surface area contributed by atoms with E-state index in [1.165, 1.54) is 0 Å². The molecule has 2 aromatic heterocycles. The highest BCUT2D eigenvalue weighted by Crippen LogP contribution is 2.22. The minimum Gasteiger partial charge on any atom is -0.401 e. The van der Waals surface area contributed by atoms with Crippen molar-refractivity contribution >= 4 is 12.0 Å². The number of aryl methyl sites for hydroxylation is 1. The Morgan fingerprint density at radius 3 is 2.18 bits per heavy atom. The van der Waals surface area contributed by atoms with Gasteiger partial charge in [-0.15, -0.1) is 5.10 Å². The van der Waals surface area contributed by atoms with Crippen molar-refractivity contribution in [2.75, 3.05) is 5.32 Å². The lowest BCUT2D eigenvalue weighted by atomic mass is 9.99. The number of amides is 2. The number of hydrogen-bond acceptors (Lipinski definition) is 5. The second kappa shape index (κ2) is 7.75. The predicted octanol–water partition coefficient (Wildman–Crippen LogP) is 3.38.